The highest BCUT2D eigenvalue weighted by Gasteiger charge is 2.37. The number of carbonyl (C=O) groups excluding carboxylic acids is 1. The molecule has 0 spiro atoms. The van der Waals surface area contributed by atoms with Crippen LogP contribution in [0.15, 0.2) is 12.1 Å². The lowest BCUT2D eigenvalue weighted by Gasteiger charge is -2.13. The van der Waals surface area contributed by atoms with E-state index in [0.717, 1.165) is 19.2 Å². The Hall–Kier alpha value is -1.30. The monoisotopic (exact) mass is 355 g/mol. The fraction of sp³-hybridized carbons (Fsp3) is 0.200. The molecule has 0 amide bonds. The van der Waals surface area contributed by atoms with Crippen LogP contribution in [-0.2, 0) is 10.9 Å². The second-order valence-corrected chi connectivity index (χ2v) is 4.03. The number of halogens is 4. The van der Waals surface area contributed by atoms with Crippen LogP contribution in [0.4, 0.5) is 13.2 Å². The van der Waals surface area contributed by atoms with Gasteiger partial charge in [-0.3, -0.25) is 0 Å². The number of alkyl halides is 3. The summed E-state index contributed by atoms with van der Waals surface area (Å²) < 4.78 is 42.2. The number of hydrogen-bond acceptors (Lipinski definition) is 3. The van der Waals surface area contributed by atoms with Gasteiger partial charge in [-0.15, -0.1) is 0 Å². The van der Waals surface area contributed by atoms with E-state index in [2.05, 4.69) is 4.74 Å². The Balaban J connectivity index is 3.56. The van der Waals surface area contributed by atoms with Crippen molar-refractivity contribution in [2.75, 3.05) is 7.11 Å². The van der Waals surface area contributed by atoms with Crippen molar-refractivity contribution in [3.8, 4) is 6.07 Å². The molecule has 0 bridgehead atoms. The zero-order valence-electron chi connectivity index (χ0n) is 8.43. The minimum absolute atomic E-state index is 0.209. The van der Waals surface area contributed by atoms with Crippen molar-refractivity contribution < 1.29 is 22.7 Å². The Morgan fingerprint density at radius 2 is 2.06 bits per heavy atom. The summed E-state index contributed by atoms with van der Waals surface area (Å²) in [7, 11) is 1.07. The van der Waals surface area contributed by atoms with Crippen molar-refractivity contribution in [3.05, 3.63) is 32.4 Å². The lowest BCUT2D eigenvalue weighted by molar-refractivity contribution is -0.138. The Bertz CT molecular complexity index is 505. The number of rotatable bonds is 1. The van der Waals surface area contributed by atoms with E-state index in [1.165, 1.54) is 28.7 Å². The third kappa shape index (κ3) is 2.69. The molecule has 0 N–H and O–H groups in total. The highest BCUT2D eigenvalue weighted by atomic mass is 127. The van der Waals surface area contributed by atoms with Crippen molar-refractivity contribution in [3.63, 3.8) is 0 Å². The molecular weight excluding hydrogens is 350 g/mol. The molecule has 0 aliphatic rings. The van der Waals surface area contributed by atoms with Gasteiger partial charge in [0.05, 0.1) is 29.9 Å². The summed E-state index contributed by atoms with van der Waals surface area (Å²) in [5.74, 6) is -0.871. The van der Waals surface area contributed by atoms with Crippen molar-refractivity contribution in [1.82, 2.24) is 0 Å². The SMILES string of the molecule is COC(=O)c1ccc(C#N)c(C(F)(F)F)c1I. The predicted octanol–water partition coefficient (Wildman–Crippen LogP) is 2.97. The average Bonchev–Trinajstić information content (AvgIpc) is 2.25. The Morgan fingerprint density at radius 1 is 1.47 bits per heavy atom. The lowest BCUT2D eigenvalue weighted by atomic mass is 10.0. The standard InChI is InChI=1S/C10H5F3INO2/c1-17-9(16)6-3-2-5(4-15)7(8(6)14)10(11,12)13/h2-3H,1H3. The van der Waals surface area contributed by atoms with Crippen LogP contribution in [-0.4, -0.2) is 13.1 Å². The third-order valence-corrected chi connectivity index (χ3v) is 3.07. The van der Waals surface area contributed by atoms with Crippen LogP contribution < -0.4 is 0 Å². The number of esters is 1. The maximum absolute atomic E-state index is 12.7. The number of methoxy groups -OCH3 is 1. The van der Waals surface area contributed by atoms with E-state index in [4.69, 9.17) is 5.26 Å². The summed E-state index contributed by atoms with van der Waals surface area (Å²) in [5, 5.41) is 8.62. The van der Waals surface area contributed by atoms with Gasteiger partial charge in [0.15, 0.2) is 0 Å². The molecule has 3 nitrogen and oxygen atoms in total. The van der Waals surface area contributed by atoms with Crippen LogP contribution >= 0.6 is 22.6 Å². The van der Waals surface area contributed by atoms with Gasteiger partial charge in [-0.1, -0.05) is 0 Å². The molecule has 0 atom stereocenters. The fourth-order valence-corrected chi connectivity index (χ4v) is 2.21. The van der Waals surface area contributed by atoms with E-state index in [1.54, 1.807) is 0 Å². The second-order valence-electron chi connectivity index (χ2n) is 2.95. The van der Waals surface area contributed by atoms with Gasteiger partial charge in [0, 0.05) is 3.57 Å². The number of benzene rings is 1. The van der Waals surface area contributed by atoms with Crippen LogP contribution in [0.25, 0.3) is 0 Å². The summed E-state index contributed by atoms with van der Waals surface area (Å²) in [6, 6.07) is 3.55. The Kier molecular flexibility index (Phi) is 3.98. The Labute approximate surface area is 108 Å². The summed E-state index contributed by atoms with van der Waals surface area (Å²) in [5.41, 5.74) is -1.84. The first-order valence-corrected chi connectivity index (χ1v) is 5.29. The van der Waals surface area contributed by atoms with Gasteiger partial charge in [-0.25, -0.2) is 4.79 Å². The number of ether oxygens (including phenoxy) is 1. The van der Waals surface area contributed by atoms with Gasteiger partial charge in [-0.2, -0.15) is 18.4 Å². The molecule has 0 saturated carbocycles. The maximum atomic E-state index is 12.7. The first-order chi connectivity index (χ1) is 7.82. The topological polar surface area (TPSA) is 50.1 Å². The molecule has 0 aromatic heterocycles. The molecule has 0 unspecified atom stereocenters. The molecule has 0 saturated heterocycles. The molecule has 1 aromatic rings. The molecular formula is C10H5F3INO2. The van der Waals surface area contributed by atoms with Gasteiger partial charge < -0.3 is 4.74 Å². The first-order valence-electron chi connectivity index (χ1n) is 4.21. The molecule has 90 valence electrons. The molecule has 0 heterocycles. The predicted molar refractivity (Wildman–Crippen MR) is 60.2 cm³/mol. The van der Waals surface area contributed by atoms with Crippen LogP contribution in [0.2, 0.25) is 0 Å². The molecule has 0 radical (unpaired) electrons. The normalized spacial score (nSPS) is 10.8. The van der Waals surface area contributed by atoms with Gasteiger partial charge in [-0.05, 0) is 34.7 Å². The Morgan fingerprint density at radius 3 is 2.47 bits per heavy atom. The van der Waals surface area contributed by atoms with Gasteiger partial charge >= 0.3 is 12.1 Å². The molecule has 17 heavy (non-hydrogen) atoms. The lowest BCUT2D eigenvalue weighted by Crippen LogP contribution is -2.15. The molecule has 1 rings (SSSR count). The molecule has 0 aliphatic carbocycles. The fourth-order valence-electron chi connectivity index (χ4n) is 1.21. The van der Waals surface area contributed by atoms with E-state index >= 15 is 0 Å². The summed E-state index contributed by atoms with van der Waals surface area (Å²) >= 11 is 1.38. The van der Waals surface area contributed by atoms with E-state index in [1.807, 2.05) is 0 Å². The van der Waals surface area contributed by atoms with Gasteiger partial charge in [0.2, 0.25) is 0 Å². The summed E-state index contributed by atoms with van der Waals surface area (Å²) in [4.78, 5) is 11.2. The largest absolute Gasteiger partial charge is 0.465 e. The summed E-state index contributed by atoms with van der Waals surface area (Å²) in [6.45, 7) is 0. The van der Waals surface area contributed by atoms with Crippen LogP contribution in [0.3, 0.4) is 0 Å². The zero-order valence-corrected chi connectivity index (χ0v) is 10.6. The second kappa shape index (κ2) is 4.91. The van der Waals surface area contributed by atoms with Crippen molar-refractivity contribution in [2.24, 2.45) is 0 Å². The number of nitrogens with zero attached hydrogens (tertiary/aromatic N) is 1. The van der Waals surface area contributed by atoms with Gasteiger partial charge in [0.25, 0.3) is 0 Å². The van der Waals surface area contributed by atoms with Crippen LogP contribution in [0.1, 0.15) is 21.5 Å². The smallest absolute Gasteiger partial charge is 0.418 e. The molecule has 7 heteroatoms. The molecule has 1 aromatic carbocycles. The minimum Gasteiger partial charge on any atom is -0.465 e. The zero-order chi connectivity index (χ0) is 13.2. The van der Waals surface area contributed by atoms with E-state index < -0.39 is 23.3 Å². The minimum atomic E-state index is -4.69. The third-order valence-electron chi connectivity index (χ3n) is 1.95. The van der Waals surface area contributed by atoms with Gasteiger partial charge in [0.1, 0.15) is 0 Å². The first kappa shape index (κ1) is 13.8. The van der Waals surface area contributed by atoms with E-state index in [9.17, 15) is 18.0 Å². The van der Waals surface area contributed by atoms with Crippen molar-refractivity contribution >= 4 is 28.6 Å². The molecule has 0 aliphatic heterocycles. The van der Waals surface area contributed by atoms with E-state index in [-0.39, 0.29) is 9.13 Å². The van der Waals surface area contributed by atoms with Crippen molar-refractivity contribution in [1.29, 1.82) is 5.26 Å². The average molecular weight is 355 g/mol. The number of carbonyl (C=O) groups is 1. The van der Waals surface area contributed by atoms with Crippen molar-refractivity contribution in [2.45, 2.75) is 6.18 Å². The highest BCUT2D eigenvalue weighted by Crippen LogP contribution is 2.36. The van der Waals surface area contributed by atoms with Crippen LogP contribution in [0.5, 0.6) is 0 Å². The van der Waals surface area contributed by atoms with E-state index in [0.29, 0.717) is 0 Å². The summed E-state index contributed by atoms with van der Waals surface area (Å²) in [6.07, 6.45) is -4.69. The number of nitriles is 1. The molecule has 0 fully saturated rings. The number of hydrogen-bond donors (Lipinski definition) is 0. The quantitative estimate of drug-likeness (QED) is 0.575. The maximum Gasteiger partial charge on any atom is 0.418 e. The van der Waals surface area contributed by atoms with Crippen LogP contribution in [0, 0.1) is 14.9 Å². The highest BCUT2D eigenvalue weighted by molar-refractivity contribution is 14.1.